The minimum absolute atomic E-state index is 0. The average Bonchev–Trinajstić information content (AvgIpc) is 2.35. The molecule has 0 saturated carbocycles. The predicted molar refractivity (Wildman–Crippen MR) is 76.8 cm³/mol. The molecule has 104 valence electrons. The van der Waals surface area contributed by atoms with Crippen LogP contribution in [0.2, 0.25) is 0 Å². The van der Waals surface area contributed by atoms with Crippen molar-refractivity contribution in [2.24, 2.45) is 0 Å². The van der Waals surface area contributed by atoms with E-state index in [2.05, 4.69) is 4.18 Å². The Morgan fingerprint density at radius 3 is 2.47 bits per heavy atom. The Hall–Kier alpha value is 0.696. The van der Waals surface area contributed by atoms with Crippen LogP contribution in [0.4, 0.5) is 4.39 Å². The third-order valence-corrected chi connectivity index (χ3v) is 3.88. The molecule has 0 fully saturated rings. The molecule has 0 radical (unpaired) electrons. The Labute approximate surface area is 157 Å². The first-order chi connectivity index (χ1) is 8.53. The summed E-state index contributed by atoms with van der Waals surface area (Å²) < 4.78 is 40.5. The van der Waals surface area contributed by atoms with Crippen LogP contribution in [-0.4, -0.2) is 78.3 Å². The molecule has 3 nitrogen and oxygen atoms in total. The monoisotopic (exact) mass is 314 g/mol. The van der Waals surface area contributed by atoms with E-state index in [4.69, 9.17) is 0 Å². The number of aryl methyl sites for hydroxylation is 1. The average molecular weight is 314 g/mol. The first kappa shape index (κ1) is 19.7. The van der Waals surface area contributed by atoms with Crippen molar-refractivity contribution < 1.29 is 17.0 Å². The van der Waals surface area contributed by atoms with Crippen LogP contribution in [0, 0.1) is 0 Å². The number of rotatable bonds is 8. The molecule has 0 amide bonds. The number of hydrogen-bond donors (Lipinski definition) is 0. The number of alkyl halides is 1. The quantitative estimate of drug-likeness (QED) is 0.545. The zero-order valence-corrected chi connectivity index (χ0v) is 11.3. The SMILES string of the molecule is CCCS(=O)(=O)OC[C@H](F)CCc1ccccc1.[KH]. The van der Waals surface area contributed by atoms with Crippen molar-refractivity contribution in [3.63, 3.8) is 0 Å². The standard InChI is InChI=1S/C13H19FO3S.K.H/c1-2-10-18(15,16)17-11-13(14)9-8-12-6-4-3-5-7-12;;/h3-7,13H,2,8-11H2,1H3;;/t13-;;/m1../s1. The van der Waals surface area contributed by atoms with Gasteiger partial charge in [0.25, 0.3) is 10.1 Å². The maximum absolute atomic E-state index is 13.5. The summed E-state index contributed by atoms with van der Waals surface area (Å²) in [5, 5.41) is 0. The van der Waals surface area contributed by atoms with Crippen LogP contribution in [0.15, 0.2) is 30.3 Å². The molecule has 0 bridgehead atoms. The molecule has 0 aliphatic rings. The van der Waals surface area contributed by atoms with Crippen LogP contribution in [0.3, 0.4) is 0 Å². The van der Waals surface area contributed by atoms with E-state index in [0.717, 1.165) is 5.56 Å². The molecule has 0 aromatic heterocycles. The molecule has 1 atom stereocenters. The van der Waals surface area contributed by atoms with Gasteiger partial charge in [-0.2, -0.15) is 8.42 Å². The summed E-state index contributed by atoms with van der Waals surface area (Å²) in [6, 6.07) is 9.52. The summed E-state index contributed by atoms with van der Waals surface area (Å²) >= 11 is 0. The summed E-state index contributed by atoms with van der Waals surface area (Å²) in [7, 11) is -3.55. The number of halogens is 1. The van der Waals surface area contributed by atoms with Crippen LogP contribution in [0.25, 0.3) is 0 Å². The molecule has 0 unspecified atom stereocenters. The van der Waals surface area contributed by atoms with Gasteiger partial charge in [-0.1, -0.05) is 37.3 Å². The van der Waals surface area contributed by atoms with Crippen LogP contribution in [0.5, 0.6) is 0 Å². The second-order valence-corrected chi connectivity index (χ2v) is 5.93. The summed E-state index contributed by atoms with van der Waals surface area (Å²) in [4.78, 5) is 0. The summed E-state index contributed by atoms with van der Waals surface area (Å²) in [6.07, 6.45) is 0.0746. The molecule has 0 spiro atoms. The number of benzene rings is 1. The van der Waals surface area contributed by atoms with Crippen LogP contribution in [0.1, 0.15) is 25.3 Å². The third-order valence-electron chi connectivity index (χ3n) is 2.47. The van der Waals surface area contributed by atoms with Gasteiger partial charge in [-0.3, -0.25) is 4.18 Å². The van der Waals surface area contributed by atoms with Crippen LogP contribution in [-0.2, 0) is 20.7 Å². The molecular weight excluding hydrogens is 294 g/mol. The van der Waals surface area contributed by atoms with E-state index in [1.807, 2.05) is 30.3 Å². The minimum atomic E-state index is -3.55. The maximum atomic E-state index is 13.5. The first-order valence-electron chi connectivity index (χ1n) is 6.08. The van der Waals surface area contributed by atoms with Gasteiger partial charge in [-0.25, -0.2) is 4.39 Å². The van der Waals surface area contributed by atoms with E-state index in [-0.39, 0.29) is 70.2 Å². The molecule has 0 heterocycles. The van der Waals surface area contributed by atoms with Crippen molar-refractivity contribution in [3.05, 3.63) is 35.9 Å². The topological polar surface area (TPSA) is 43.4 Å². The Balaban J connectivity index is 0.00000324. The molecule has 1 rings (SSSR count). The van der Waals surface area contributed by atoms with Crippen molar-refractivity contribution in [2.45, 2.75) is 32.4 Å². The normalized spacial score (nSPS) is 12.7. The zero-order valence-electron chi connectivity index (χ0n) is 10.5. The van der Waals surface area contributed by atoms with Crippen LogP contribution >= 0.6 is 0 Å². The van der Waals surface area contributed by atoms with Gasteiger partial charge < -0.3 is 0 Å². The van der Waals surface area contributed by atoms with E-state index >= 15 is 0 Å². The van der Waals surface area contributed by atoms with Crippen molar-refractivity contribution in [1.29, 1.82) is 0 Å². The molecule has 0 saturated heterocycles. The van der Waals surface area contributed by atoms with Crippen molar-refractivity contribution in [3.8, 4) is 0 Å². The fraction of sp³-hybridized carbons (Fsp3) is 0.538. The second-order valence-electron chi connectivity index (χ2n) is 4.17. The second kappa shape index (κ2) is 10.4. The van der Waals surface area contributed by atoms with Gasteiger partial charge in [0, 0.05) is 0 Å². The molecule has 6 heteroatoms. The van der Waals surface area contributed by atoms with Gasteiger partial charge in [-0.15, -0.1) is 0 Å². The van der Waals surface area contributed by atoms with Crippen LogP contribution < -0.4 is 0 Å². The van der Waals surface area contributed by atoms with E-state index in [9.17, 15) is 12.8 Å². The fourth-order valence-electron chi connectivity index (χ4n) is 1.54. The summed E-state index contributed by atoms with van der Waals surface area (Å²) in [5.74, 6) is -0.0571. The predicted octanol–water partition coefficient (Wildman–Crippen LogP) is 2.07. The van der Waals surface area contributed by atoms with Gasteiger partial charge >= 0.3 is 51.4 Å². The van der Waals surface area contributed by atoms with Gasteiger partial charge in [0.2, 0.25) is 0 Å². The number of hydrogen-bond acceptors (Lipinski definition) is 3. The molecular formula is C13H20FKO3S. The Morgan fingerprint density at radius 1 is 1.26 bits per heavy atom. The molecule has 0 aliphatic heterocycles. The molecule has 1 aromatic rings. The fourth-order valence-corrected chi connectivity index (χ4v) is 2.51. The van der Waals surface area contributed by atoms with E-state index in [0.29, 0.717) is 12.8 Å². The van der Waals surface area contributed by atoms with Crippen molar-refractivity contribution in [2.75, 3.05) is 12.4 Å². The Morgan fingerprint density at radius 2 is 1.89 bits per heavy atom. The van der Waals surface area contributed by atoms with Crippen molar-refractivity contribution in [1.82, 2.24) is 0 Å². The Kier molecular flexibility index (Phi) is 10.8. The summed E-state index contributed by atoms with van der Waals surface area (Å²) in [5.41, 5.74) is 1.04. The van der Waals surface area contributed by atoms with Crippen molar-refractivity contribution >= 4 is 61.5 Å². The molecule has 0 aliphatic carbocycles. The van der Waals surface area contributed by atoms with E-state index in [1.165, 1.54) is 0 Å². The zero-order chi connectivity index (χ0) is 13.4. The van der Waals surface area contributed by atoms with Gasteiger partial charge in [0.05, 0.1) is 12.4 Å². The van der Waals surface area contributed by atoms with E-state index in [1.54, 1.807) is 6.92 Å². The molecule has 19 heavy (non-hydrogen) atoms. The van der Waals surface area contributed by atoms with Gasteiger partial charge in [0.1, 0.15) is 6.17 Å². The molecule has 0 N–H and O–H groups in total. The first-order valence-corrected chi connectivity index (χ1v) is 7.66. The third kappa shape index (κ3) is 9.28. The molecule has 1 aromatic carbocycles. The van der Waals surface area contributed by atoms with Gasteiger partial charge in [0.15, 0.2) is 0 Å². The van der Waals surface area contributed by atoms with Gasteiger partial charge in [-0.05, 0) is 24.8 Å². The summed E-state index contributed by atoms with van der Waals surface area (Å²) in [6.45, 7) is 1.36. The Bertz CT molecular complexity index is 436. The van der Waals surface area contributed by atoms with E-state index < -0.39 is 16.3 Å².